The van der Waals surface area contributed by atoms with E-state index in [0.717, 1.165) is 23.5 Å². The number of hydrogen-bond donors (Lipinski definition) is 2. The molecule has 2 aromatic rings. The maximum Gasteiger partial charge on any atom is 0.255 e. The molecule has 21 heavy (non-hydrogen) atoms. The Morgan fingerprint density at radius 2 is 2.00 bits per heavy atom. The number of Topliss-reactive ketones (excluding diaryl/α,β-unsaturated/α-hetero) is 1. The molecule has 0 bridgehead atoms. The lowest BCUT2D eigenvalue weighted by Gasteiger charge is -2.12. The summed E-state index contributed by atoms with van der Waals surface area (Å²) in [5, 5.41) is 9.45. The van der Waals surface area contributed by atoms with Crippen molar-refractivity contribution in [3.05, 3.63) is 46.2 Å². The number of aromatic nitrogens is 2. The van der Waals surface area contributed by atoms with Crippen LogP contribution in [-0.2, 0) is 0 Å². The number of aromatic hydroxyl groups is 1. The first kappa shape index (κ1) is 15.1. The van der Waals surface area contributed by atoms with E-state index >= 15 is 0 Å². The van der Waals surface area contributed by atoms with Crippen LogP contribution < -0.4 is 10.5 Å². The number of ketones is 1. The standard InChI is InChI=1S/C14H15N3O3S/c1-17(2)10-5-3-9(4-6-10)11(18)8-21-14-15-12(19)7-13(20)16-14/h3-7H,8H2,1-2H3,(H2,15,16,19,20). The van der Waals surface area contributed by atoms with Crippen molar-refractivity contribution >= 4 is 23.2 Å². The third-order valence-corrected chi connectivity index (χ3v) is 3.63. The number of benzene rings is 1. The van der Waals surface area contributed by atoms with Gasteiger partial charge in [-0.25, -0.2) is 0 Å². The molecule has 0 fully saturated rings. The molecule has 110 valence electrons. The van der Waals surface area contributed by atoms with E-state index in [0.29, 0.717) is 5.56 Å². The first-order valence-corrected chi connectivity index (χ1v) is 7.18. The van der Waals surface area contributed by atoms with Crippen LogP contribution in [0.5, 0.6) is 5.88 Å². The second kappa shape index (κ2) is 6.45. The number of nitrogens with one attached hydrogen (secondary N) is 1. The van der Waals surface area contributed by atoms with Crippen molar-refractivity contribution in [3.63, 3.8) is 0 Å². The van der Waals surface area contributed by atoms with E-state index in [4.69, 9.17) is 0 Å². The summed E-state index contributed by atoms with van der Waals surface area (Å²) in [5.74, 6) is -0.298. The van der Waals surface area contributed by atoms with Crippen LogP contribution in [0.4, 0.5) is 5.69 Å². The van der Waals surface area contributed by atoms with Crippen molar-refractivity contribution in [1.29, 1.82) is 0 Å². The summed E-state index contributed by atoms with van der Waals surface area (Å²) in [6.45, 7) is 0. The predicted octanol–water partition coefficient (Wildman–Crippen LogP) is 1.52. The van der Waals surface area contributed by atoms with Crippen LogP contribution >= 0.6 is 11.8 Å². The van der Waals surface area contributed by atoms with Crippen molar-refractivity contribution in [3.8, 4) is 5.88 Å². The van der Waals surface area contributed by atoms with Gasteiger partial charge >= 0.3 is 0 Å². The van der Waals surface area contributed by atoms with Crippen LogP contribution in [0.25, 0.3) is 0 Å². The molecular formula is C14H15N3O3S. The van der Waals surface area contributed by atoms with Gasteiger partial charge in [0.1, 0.15) is 0 Å². The molecular weight excluding hydrogens is 290 g/mol. The quantitative estimate of drug-likeness (QED) is 0.495. The van der Waals surface area contributed by atoms with Gasteiger partial charge in [-0.05, 0) is 24.3 Å². The Kier molecular flexibility index (Phi) is 4.64. The molecule has 0 saturated heterocycles. The fourth-order valence-electron chi connectivity index (χ4n) is 1.65. The smallest absolute Gasteiger partial charge is 0.255 e. The van der Waals surface area contributed by atoms with Crippen molar-refractivity contribution in [1.82, 2.24) is 9.97 Å². The third kappa shape index (κ3) is 4.09. The molecule has 0 atom stereocenters. The number of hydrogen-bond acceptors (Lipinski definition) is 6. The van der Waals surface area contributed by atoms with Gasteiger partial charge in [0, 0.05) is 25.3 Å². The highest BCUT2D eigenvalue weighted by Gasteiger charge is 2.09. The average Bonchev–Trinajstić information content (AvgIpc) is 2.44. The Labute approximate surface area is 125 Å². The van der Waals surface area contributed by atoms with Crippen LogP contribution in [0, 0.1) is 0 Å². The molecule has 7 heteroatoms. The second-order valence-corrected chi connectivity index (χ2v) is 5.53. The number of rotatable bonds is 5. The first-order chi connectivity index (χ1) is 9.95. The SMILES string of the molecule is CN(C)c1ccc(C(=O)CSc2nc(O)cc(=O)[nH]2)cc1. The van der Waals surface area contributed by atoms with Crippen molar-refractivity contribution in [2.24, 2.45) is 0 Å². The molecule has 2 rings (SSSR count). The molecule has 0 radical (unpaired) electrons. The Bertz CT molecular complexity index is 695. The highest BCUT2D eigenvalue weighted by Crippen LogP contribution is 2.17. The van der Waals surface area contributed by atoms with Crippen LogP contribution in [0.2, 0.25) is 0 Å². The molecule has 0 saturated carbocycles. The summed E-state index contributed by atoms with van der Waals surface area (Å²) in [7, 11) is 3.85. The Morgan fingerprint density at radius 1 is 1.33 bits per heavy atom. The third-order valence-electron chi connectivity index (χ3n) is 2.75. The number of nitrogens with zero attached hydrogens (tertiary/aromatic N) is 2. The van der Waals surface area contributed by atoms with E-state index in [9.17, 15) is 14.7 Å². The summed E-state index contributed by atoms with van der Waals surface area (Å²) in [6.07, 6.45) is 0. The van der Waals surface area contributed by atoms with Crippen molar-refractivity contribution in [2.75, 3.05) is 24.7 Å². The summed E-state index contributed by atoms with van der Waals surface area (Å²) >= 11 is 1.08. The highest BCUT2D eigenvalue weighted by atomic mass is 32.2. The largest absolute Gasteiger partial charge is 0.493 e. The molecule has 1 heterocycles. The first-order valence-electron chi connectivity index (χ1n) is 6.19. The maximum atomic E-state index is 12.1. The van der Waals surface area contributed by atoms with Gasteiger partial charge in [0.05, 0.1) is 11.8 Å². The van der Waals surface area contributed by atoms with Gasteiger partial charge in [-0.3, -0.25) is 9.59 Å². The van der Waals surface area contributed by atoms with Gasteiger partial charge < -0.3 is 15.0 Å². The van der Waals surface area contributed by atoms with Gasteiger partial charge in [-0.15, -0.1) is 0 Å². The van der Waals surface area contributed by atoms with E-state index in [-0.39, 0.29) is 22.6 Å². The molecule has 0 aliphatic carbocycles. The zero-order valence-corrected chi connectivity index (χ0v) is 12.5. The van der Waals surface area contributed by atoms with E-state index in [1.165, 1.54) is 0 Å². The minimum Gasteiger partial charge on any atom is -0.493 e. The number of aromatic amines is 1. The Morgan fingerprint density at radius 3 is 2.57 bits per heavy atom. The summed E-state index contributed by atoms with van der Waals surface area (Å²) in [5.41, 5.74) is 1.15. The van der Waals surface area contributed by atoms with Gasteiger partial charge in [-0.2, -0.15) is 4.98 Å². The van der Waals surface area contributed by atoms with Crippen molar-refractivity contribution < 1.29 is 9.90 Å². The van der Waals surface area contributed by atoms with E-state index in [1.54, 1.807) is 12.1 Å². The normalized spacial score (nSPS) is 10.4. The van der Waals surface area contributed by atoms with Gasteiger partial charge in [-0.1, -0.05) is 11.8 Å². The van der Waals surface area contributed by atoms with Crippen molar-refractivity contribution in [2.45, 2.75) is 5.16 Å². The van der Waals surface area contributed by atoms with Gasteiger partial charge in [0.2, 0.25) is 5.88 Å². The van der Waals surface area contributed by atoms with E-state index < -0.39 is 5.56 Å². The summed E-state index contributed by atoms with van der Waals surface area (Å²) in [4.78, 5) is 31.4. The van der Waals surface area contributed by atoms with Gasteiger partial charge in [0.15, 0.2) is 10.9 Å². The Balaban J connectivity index is 2.02. The Hall–Kier alpha value is -2.28. The second-order valence-electron chi connectivity index (χ2n) is 4.56. The number of H-pyrrole nitrogens is 1. The van der Waals surface area contributed by atoms with E-state index in [1.807, 2.05) is 31.1 Å². The number of anilines is 1. The lowest BCUT2D eigenvalue weighted by molar-refractivity contribution is 0.102. The summed E-state index contributed by atoms with van der Waals surface area (Å²) < 4.78 is 0. The summed E-state index contributed by atoms with van der Waals surface area (Å²) in [6, 6.07) is 8.23. The molecule has 1 aromatic carbocycles. The molecule has 0 spiro atoms. The monoisotopic (exact) mass is 305 g/mol. The van der Waals surface area contributed by atoms with Crippen LogP contribution in [0.15, 0.2) is 40.3 Å². The molecule has 0 amide bonds. The lowest BCUT2D eigenvalue weighted by atomic mass is 10.1. The fourth-order valence-corrected chi connectivity index (χ4v) is 2.42. The molecule has 1 aromatic heterocycles. The predicted molar refractivity (Wildman–Crippen MR) is 82.3 cm³/mol. The zero-order chi connectivity index (χ0) is 15.4. The molecule has 6 nitrogen and oxygen atoms in total. The van der Waals surface area contributed by atoms with Crippen LogP contribution in [-0.4, -0.2) is 40.7 Å². The molecule has 0 aliphatic heterocycles. The topological polar surface area (TPSA) is 86.3 Å². The average molecular weight is 305 g/mol. The number of carbonyl (C=O) groups is 1. The minimum absolute atomic E-state index is 0.0729. The minimum atomic E-state index is -0.451. The number of thioether (sulfide) groups is 1. The molecule has 2 N–H and O–H groups in total. The van der Waals surface area contributed by atoms with Crippen LogP contribution in [0.1, 0.15) is 10.4 Å². The zero-order valence-electron chi connectivity index (χ0n) is 11.7. The fraction of sp³-hybridized carbons (Fsp3) is 0.214. The lowest BCUT2D eigenvalue weighted by Crippen LogP contribution is -2.10. The molecule has 0 aliphatic rings. The van der Waals surface area contributed by atoms with Crippen LogP contribution in [0.3, 0.4) is 0 Å². The maximum absolute atomic E-state index is 12.1. The number of carbonyl (C=O) groups excluding carboxylic acids is 1. The van der Waals surface area contributed by atoms with E-state index in [2.05, 4.69) is 9.97 Å². The molecule has 0 unspecified atom stereocenters. The van der Waals surface area contributed by atoms with Gasteiger partial charge in [0.25, 0.3) is 5.56 Å². The highest BCUT2D eigenvalue weighted by molar-refractivity contribution is 7.99.